The Labute approximate surface area is 119 Å². The molecule has 112 valence electrons. The second kappa shape index (κ2) is 7.86. The highest BCUT2D eigenvalue weighted by Gasteiger charge is 2.16. The summed E-state index contributed by atoms with van der Waals surface area (Å²) < 4.78 is 33.1. The van der Waals surface area contributed by atoms with Crippen LogP contribution in [0.3, 0.4) is 0 Å². The van der Waals surface area contributed by atoms with Crippen molar-refractivity contribution in [2.75, 3.05) is 37.1 Å². The SMILES string of the molecule is CCOc1ccc(NC(=O)CS(=O)(=O)CCOC)cc1. The summed E-state index contributed by atoms with van der Waals surface area (Å²) >= 11 is 0. The first-order valence-corrected chi connectivity index (χ1v) is 8.01. The van der Waals surface area contributed by atoms with Gasteiger partial charge in [0.1, 0.15) is 11.5 Å². The minimum absolute atomic E-state index is 0.0820. The third kappa shape index (κ3) is 6.03. The van der Waals surface area contributed by atoms with Crippen molar-refractivity contribution in [3.8, 4) is 5.75 Å². The number of anilines is 1. The maximum absolute atomic E-state index is 11.6. The van der Waals surface area contributed by atoms with Crippen LogP contribution in [0.5, 0.6) is 5.75 Å². The lowest BCUT2D eigenvalue weighted by atomic mass is 10.3. The number of sulfone groups is 1. The number of ether oxygens (including phenoxy) is 2. The van der Waals surface area contributed by atoms with Gasteiger partial charge in [-0.3, -0.25) is 4.79 Å². The number of rotatable bonds is 8. The Kier molecular flexibility index (Phi) is 6.47. The number of hydrogen-bond acceptors (Lipinski definition) is 5. The van der Waals surface area contributed by atoms with Crippen molar-refractivity contribution >= 4 is 21.4 Å². The van der Waals surface area contributed by atoms with Gasteiger partial charge in [-0.15, -0.1) is 0 Å². The Hall–Kier alpha value is -1.60. The number of hydrogen-bond donors (Lipinski definition) is 1. The van der Waals surface area contributed by atoms with Crippen LogP contribution in [0.1, 0.15) is 6.92 Å². The molecule has 0 atom stereocenters. The highest BCUT2D eigenvalue weighted by atomic mass is 32.2. The van der Waals surface area contributed by atoms with Crippen LogP contribution in [0.2, 0.25) is 0 Å². The van der Waals surface area contributed by atoms with E-state index in [9.17, 15) is 13.2 Å². The van der Waals surface area contributed by atoms with Crippen molar-refractivity contribution in [3.63, 3.8) is 0 Å². The van der Waals surface area contributed by atoms with E-state index >= 15 is 0 Å². The molecule has 0 aromatic heterocycles. The number of methoxy groups -OCH3 is 1. The molecular formula is C13H19NO5S. The van der Waals surface area contributed by atoms with E-state index < -0.39 is 21.5 Å². The van der Waals surface area contributed by atoms with Crippen molar-refractivity contribution in [2.45, 2.75) is 6.92 Å². The molecule has 0 aliphatic rings. The Balaban J connectivity index is 2.53. The molecule has 1 rings (SSSR count). The number of carbonyl (C=O) groups excluding carboxylic acids is 1. The van der Waals surface area contributed by atoms with Crippen LogP contribution >= 0.6 is 0 Å². The predicted molar refractivity (Wildman–Crippen MR) is 76.8 cm³/mol. The van der Waals surface area contributed by atoms with Gasteiger partial charge in [0.05, 0.1) is 19.0 Å². The van der Waals surface area contributed by atoms with E-state index in [1.54, 1.807) is 24.3 Å². The van der Waals surface area contributed by atoms with Crippen molar-refractivity contribution in [1.82, 2.24) is 0 Å². The average molecular weight is 301 g/mol. The number of nitrogens with one attached hydrogen (secondary N) is 1. The molecule has 0 bridgehead atoms. The standard InChI is InChI=1S/C13H19NO5S/c1-3-19-12-6-4-11(5-7-12)14-13(15)10-20(16,17)9-8-18-2/h4-7H,3,8-10H2,1-2H3,(H,14,15). The first kappa shape index (κ1) is 16.5. The molecule has 20 heavy (non-hydrogen) atoms. The summed E-state index contributed by atoms with van der Waals surface area (Å²) in [6.45, 7) is 2.52. The largest absolute Gasteiger partial charge is 0.494 e. The minimum atomic E-state index is -3.44. The Morgan fingerprint density at radius 3 is 2.45 bits per heavy atom. The van der Waals surface area contributed by atoms with Gasteiger partial charge in [0.15, 0.2) is 9.84 Å². The quantitative estimate of drug-likeness (QED) is 0.777. The summed E-state index contributed by atoms with van der Waals surface area (Å²) in [4.78, 5) is 11.6. The third-order valence-electron chi connectivity index (χ3n) is 2.40. The molecule has 0 spiro atoms. The number of carbonyl (C=O) groups is 1. The van der Waals surface area contributed by atoms with Gasteiger partial charge in [0, 0.05) is 12.8 Å². The lowest BCUT2D eigenvalue weighted by molar-refractivity contribution is -0.113. The number of amides is 1. The molecule has 0 radical (unpaired) electrons. The van der Waals surface area contributed by atoms with Crippen LogP contribution in [-0.2, 0) is 19.4 Å². The summed E-state index contributed by atoms with van der Waals surface area (Å²) in [7, 11) is -2.03. The molecule has 6 nitrogen and oxygen atoms in total. The maximum atomic E-state index is 11.6. The second-order valence-corrected chi connectivity index (χ2v) is 6.27. The normalized spacial score (nSPS) is 11.1. The Morgan fingerprint density at radius 1 is 1.25 bits per heavy atom. The molecule has 0 unspecified atom stereocenters. The molecule has 1 amide bonds. The fourth-order valence-corrected chi connectivity index (χ4v) is 2.52. The topological polar surface area (TPSA) is 81.7 Å². The van der Waals surface area contributed by atoms with Gasteiger partial charge < -0.3 is 14.8 Å². The van der Waals surface area contributed by atoms with Gasteiger partial charge >= 0.3 is 0 Å². The minimum Gasteiger partial charge on any atom is -0.494 e. The zero-order valence-corrected chi connectivity index (χ0v) is 12.4. The molecule has 0 aliphatic carbocycles. The van der Waals surface area contributed by atoms with Crippen LogP contribution < -0.4 is 10.1 Å². The highest BCUT2D eigenvalue weighted by molar-refractivity contribution is 7.92. The maximum Gasteiger partial charge on any atom is 0.239 e. The second-order valence-electron chi connectivity index (χ2n) is 4.09. The molecule has 1 aromatic carbocycles. The molecular weight excluding hydrogens is 282 g/mol. The summed E-state index contributed by atoms with van der Waals surface area (Å²) in [5.74, 6) is -0.590. The van der Waals surface area contributed by atoms with E-state index in [4.69, 9.17) is 4.74 Å². The van der Waals surface area contributed by atoms with E-state index in [1.807, 2.05) is 6.92 Å². The van der Waals surface area contributed by atoms with Crippen LogP contribution in [0.25, 0.3) is 0 Å². The van der Waals surface area contributed by atoms with Crippen molar-refractivity contribution in [1.29, 1.82) is 0 Å². The predicted octanol–water partition coefficient (Wildman–Crippen LogP) is 1.08. The van der Waals surface area contributed by atoms with E-state index in [0.717, 1.165) is 0 Å². The van der Waals surface area contributed by atoms with Gasteiger partial charge in [0.25, 0.3) is 0 Å². The molecule has 1 aromatic rings. The van der Waals surface area contributed by atoms with Crippen LogP contribution in [-0.4, -0.2) is 46.2 Å². The average Bonchev–Trinajstić information content (AvgIpc) is 2.38. The Bertz CT molecular complexity index is 524. The molecule has 7 heteroatoms. The summed E-state index contributed by atoms with van der Waals surface area (Å²) in [5, 5.41) is 2.53. The first-order valence-electron chi connectivity index (χ1n) is 6.19. The first-order chi connectivity index (χ1) is 9.46. The lowest BCUT2D eigenvalue weighted by Gasteiger charge is -2.07. The van der Waals surface area contributed by atoms with Crippen molar-refractivity contribution < 1.29 is 22.7 Å². The molecule has 1 N–H and O–H groups in total. The van der Waals surface area contributed by atoms with Crippen LogP contribution in [0.15, 0.2) is 24.3 Å². The third-order valence-corrected chi connectivity index (χ3v) is 3.89. The van der Waals surface area contributed by atoms with E-state index in [1.165, 1.54) is 7.11 Å². The van der Waals surface area contributed by atoms with Gasteiger partial charge in [-0.1, -0.05) is 0 Å². The van der Waals surface area contributed by atoms with E-state index in [-0.39, 0.29) is 12.4 Å². The fourth-order valence-electron chi connectivity index (χ4n) is 1.48. The fraction of sp³-hybridized carbons (Fsp3) is 0.462. The Morgan fingerprint density at radius 2 is 1.90 bits per heavy atom. The highest BCUT2D eigenvalue weighted by Crippen LogP contribution is 2.15. The molecule has 0 saturated carbocycles. The van der Waals surface area contributed by atoms with Crippen LogP contribution in [0.4, 0.5) is 5.69 Å². The van der Waals surface area contributed by atoms with Crippen molar-refractivity contribution in [3.05, 3.63) is 24.3 Å². The van der Waals surface area contributed by atoms with E-state index in [0.29, 0.717) is 18.0 Å². The molecule has 0 heterocycles. The van der Waals surface area contributed by atoms with Crippen molar-refractivity contribution in [2.24, 2.45) is 0 Å². The van der Waals surface area contributed by atoms with Gasteiger partial charge in [0.2, 0.25) is 5.91 Å². The summed E-state index contributed by atoms with van der Waals surface area (Å²) in [6, 6.07) is 6.73. The van der Waals surface area contributed by atoms with Gasteiger partial charge in [-0.05, 0) is 31.2 Å². The molecule has 0 saturated heterocycles. The van der Waals surface area contributed by atoms with E-state index in [2.05, 4.69) is 10.1 Å². The lowest BCUT2D eigenvalue weighted by Crippen LogP contribution is -2.26. The monoisotopic (exact) mass is 301 g/mol. The summed E-state index contributed by atoms with van der Waals surface area (Å²) in [5.41, 5.74) is 0.528. The zero-order valence-electron chi connectivity index (χ0n) is 11.6. The van der Waals surface area contributed by atoms with Crippen LogP contribution in [0, 0.1) is 0 Å². The van der Waals surface area contributed by atoms with Gasteiger partial charge in [-0.2, -0.15) is 0 Å². The smallest absolute Gasteiger partial charge is 0.239 e. The number of benzene rings is 1. The zero-order chi connectivity index (χ0) is 15.0. The molecule has 0 fully saturated rings. The van der Waals surface area contributed by atoms with Gasteiger partial charge in [-0.25, -0.2) is 8.42 Å². The molecule has 0 aliphatic heterocycles. The summed E-state index contributed by atoms with van der Waals surface area (Å²) in [6.07, 6.45) is 0.